The fraction of sp³-hybridized carbons (Fsp3) is 0.273. The maximum absolute atomic E-state index is 13.1. The van der Waals surface area contributed by atoms with Crippen molar-refractivity contribution in [1.82, 2.24) is 9.88 Å². The second-order valence-electron chi connectivity index (χ2n) is 6.56. The van der Waals surface area contributed by atoms with Crippen LogP contribution < -0.4 is 14.2 Å². The van der Waals surface area contributed by atoms with Gasteiger partial charge in [-0.3, -0.25) is 4.79 Å². The van der Waals surface area contributed by atoms with Crippen molar-refractivity contribution in [3.63, 3.8) is 0 Å². The molecule has 1 aliphatic rings. The molecule has 2 aromatic carbocycles. The molecule has 4 rings (SSSR count). The summed E-state index contributed by atoms with van der Waals surface area (Å²) < 4.78 is 17.2. The second kappa shape index (κ2) is 8.96. The van der Waals surface area contributed by atoms with Crippen LogP contribution in [0, 0.1) is 0 Å². The Kier molecular flexibility index (Phi) is 5.95. The zero-order valence-electron chi connectivity index (χ0n) is 16.2. The maximum atomic E-state index is 13.1. The third kappa shape index (κ3) is 4.51. The lowest BCUT2D eigenvalue weighted by Crippen LogP contribution is -2.31. The van der Waals surface area contributed by atoms with Crippen LogP contribution in [0.5, 0.6) is 17.2 Å². The number of para-hydroxylation sites is 1. The molecule has 2 heterocycles. The Labute approximate surface area is 173 Å². The number of hydrogen-bond acceptors (Lipinski definition) is 6. The van der Waals surface area contributed by atoms with Gasteiger partial charge in [-0.2, -0.15) is 0 Å². The molecule has 0 unspecified atom stereocenters. The normalized spacial score (nSPS) is 12.4. The molecule has 0 radical (unpaired) electrons. The lowest BCUT2D eigenvalue weighted by molar-refractivity contribution is 0.0748. The van der Waals surface area contributed by atoms with Gasteiger partial charge in [0.15, 0.2) is 11.5 Å². The molecule has 7 heteroatoms. The third-order valence-corrected chi connectivity index (χ3v) is 5.26. The smallest absolute Gasteiger partial charge is 0.254 e. The van der Waals surface area contributed by atoms with Crippen LogP contribution >= 0.6 is 11.3 Å². The molecule has 0 atom stereocenters. The quantitative estimate of drug-likeness (QED) is 0.585. The van der Waals surface area contributed by atoms with E-state index in [1.807, 2.05) is 42.6 Å². The zero-order chi connectivity index (χ0) is 20.1. The lowest BCUT2D eigenvalue weighted by atomic mass is 10.1. The van der Waals surface area contributed by atoms with Crippen LogP contribution in [0.1, 0.15) is 28.5 Å². The summed E-state index contributed by atoms with van der Waals surface area (Å²) in [5.41, 5.74) is 4.17. The van der Waals surface area contributed by atoms with Crippen LogP contribution in [0.4, 0.5) is 0 Å². The number of ether oxygens (including phenoxy) is 3. The van der Waals surface area contributed by atoms with E-state index in [9.17, 15) is 4.79 Å². The van der Waals surface area contributed by atoms with E-state index in [4.69, 9.17) is 14.2 Å². The molecule has 0 saturated carbocycles. The molecule has 29 heavy (non-hydrogen) atoms. The van der Waals surface area contributed by atoms with Crippen molar-refractivity contribution in [1.29, 1.82) is 0 Å². The van der Waals surface area contributed by atoms with Gasteiger partial charge in [0.1, 0.15) is 25.6 Å². The molecule has 1 aromatic heterocycles. The zero-order valence-corrected chi connectivity index (χ0v) is 17.0. The summed E-state index contributed by atoms with van der Waals surface area (Å²) in [6.45, 7) is 4.43. The molecule has 150 valence electrons. The molecule has 1 aliphatic heterocycles. The van der Waals surface area contributed by atoms with Crippen LogP contribution in [-0.4, -0.2) is 35.5 Å². The molecule has 3 aromatic rings. The molecule has 1 amide bonds. The summed E-state index contributed by atoms with van der Waals surface area (Å²) in [4.78, 5) is 19.1. The number of hydrogen-bond donors (Lipinski definition) is 0. The highest BCUT2D eigenvalue weighted by molar-refractivity contribution is 7.07. The predicted molar refractivity (Wildman–Crippen MR) is 111 cm³/mol. The summed E-state index contributed by atoms with van der Waals surface area (Å²) in [6, 6.07) is 13.0. The Morgan fingerprint density at radius 1 is 1.21 bits per heavy atom. The monoisotopic (exact) mass is 410 g/mol. The van der Waals surface area contributed by atoms with Crippen LogP contribution in [0.3, 0.4) is 0 Å². The van der Waals surface area contributed by atoms with Crippen LogP contribution in [0.15, 0.2) is 53.4 Å². The number of amides is 1. The standard InChI is InChI=1S/C22H22N2O4S/c1-2-24(12-17-6-4-8-20-21(17)27-10-9-26-20)22(25)16-5-3-7-19(11-16)28-13-18-14-29-15-23-18/h3-8,11,14-15H,2,9-10,12-13H2,1H3. The lowest BCUT2D eigenvalue weighted by Gasteiger charge is -2.25. The van der Waals surface area contributed by atoms with Crippen molar-refractivity contribution in [2.75, 3.05) is 19.8 Å². The first kappa shape index (κ1) is 19.3. The molecular weight excluding hydrogens is 388 g/mol. The average Bonchev–Trinajstić information content (AvgIpc) is 3.29. The predicted octanol–water partition coefficient (Wildman–Crippen LogP) is 4.16. The fourth-order valence-electron chi connectivity index (χ4n) is 3.16. The van der Waals surface area contributed by atoms with E-state index in [0.29, 0.717) is 44.2 Å². The topological polar surface area (TPSA) is 60.9 Å². The highest BCUT2D eigenvalue weighted by Crippen LogP contribution is 2.34. The number of rotatable bonds is 7. The van der Waals surface area contributed by atoms with E-state index in [0.717, 1.165) is 22.8 Å². The average molecular weight is 410 g/mol. The van der Waals surface area contributed by atoms with Gasteiger partial charge in [-0.15, -0.1) is 11.3 Å². The summed E-state index contributed by atoms with van der Waals surface area (Å²) in [5, 5.41) is 1.94. The molecule has 0 aliphatic carbocycles. The van der Waals surface area contributed by atoms with Gasteiger partial charge in [-0.1, -0.05) is 18.2 Å². The van der Waals surface area contributed by atoms with Crippen molar-refractivity contribution in [2.24, 2.45) is 0 Å². The number of aromatic nitrogens is 1. The first-order chi connectivity index (χ1) is 14.2. The van der Waals surface area contributed by atoms with Crippen molar-refractivity contribution in [3.05, 3.63) is 70.2 Å². The van der Waals surface area contributed by atoms with Gasteiger partial charge in [0, 0.05) is 29.6 Å². The molecular formula is C22H22N2O4S. The van der Waals surface area contributed by atoms with E-state index in [2.05, 4.69) is 4.98 Å². The summed E-state index contributed by atoms with van der Waals surface area (Å²) >= 11 is 1.53. The molecule has 0 spiro atoms. The number of carbonyl (C=O) groups is 1. The summed E-state index contributed by atoms with van der Waals surface area (Å²) in [7, 11) is 0. The van der Waals surface area contributed by atoms with Crippen LogP contribution in [0.25, 0.3) is 0 Å². The van der Waals surface area contributed by atoms with Gasteiger partial charge in [-0.05, 0) is 31.2 Å². The second-order valence-corrected chi connectivity index (χ2v) is 7.28. The minimum Gasteiger partial charge on any atom is -0.487 e. The van der Waals surface area contributed by atoms with Crippen LogP contribution in [0.2, 0.25) is 0 Å². The minimum atomic E-state index is -0.0547. The Hall–Kier alpha value is -3.06. The number of fused-ring (bicyclic) bond motifs is 1. The van der Waals surface area contributed by atoms with Gasteiger partial charge >= 0.3 is 0 Å². The van der Waals surface area contributed by atoms with Gasteiger partial charge in [0.25, 0.3) is 5.91 Å². The molecule has 0 fully saturated rings. The molecule has 0 bridgehead atoms. The first-order valence-electron chi connectivity index (χ1n) is 9.51. The molecule has 0 saturated heterocycles. The Morgan fingerprint density at radius 2 is 2.07 bits per heavy atom. The van der Waals surface area contributed by atoms with E-state index >= 15 is 0 Å². The SMILES string of the molecule is CCN(Cc1cccc2c1OCCO2)C(=O)c1cccc(OCc2cscn2)c1. The number of thiazole rings is 1. The van der Waals surface area contributed by atoms with Gasteiger partial charge in [0.05, 0.1) is 11.2 Å². The molecule has 6 nitrogen and oxygen atoms in total. The van der Waals surface area contributed by atoms with E-state index in [1.165, 1.54) is 11.3 Å². The minimum absolute atomic E-state index is 0.0547. The largest absolute Gasteiger partial charge is 0.487 e. The van der Waals surface area contributed by atoms with E-state index in [1.54, 1.807) is 22.5 Å². The number of carbonyl (C=O) groups excluding carboxylic acids is 1. The summed E-state index contributed by atoms with van der Waals surface area (Å²) in [6.07, 6.45) is 0. The molecule has 0 N–H and O–H groups in total. The van der Waals surface area contributed by atoms with Crippen molar-refractivity contribution < 1.29 is 19.0 Å². The Morgan fingerprint density at radius 3 is 2.90 bits per heavy atom. The van der Waals surface area contributed by atoms with Crippen molar-refractivity contribution in [3.8, 4) is 17.2 Å². The van der Waals surface area contributed by atoms with Crippen LogP contribution in [-0.2, 0) is 13.2 Å². The highest BCUT2D eigenvalue weighted by atomic mass is 32.1. The number of nitrogens with zero attached hydrogens (tertiary/aromatic N) is 2. The Bertz CT molecular complexity index is 975. The van der Waals surface area contributed by atoms with Gasteiger partial charge in [-0.25, -0.2) is 4.98 Å². The highest BCUT2D eigenvalue weighted by Gasteiger charge is 2.20. The van der Waals surface area contributed by atoms with E-state index < -0.39 is 0 Å². The third-order valence-electron chi connectivity index (χ3n) is 4.63. The summed E-state index contributed by atoms with van der Waals surface area (Å²) in [5.74, 6) is 2.05. The van der Waals surface area contributed by atoms with E-state index in [-0.39, 0.29) is 5.91 Å². The van der Waals surface area contributed by atoms with Gasteiger partial charge < -0.3 is 19.1 Å². The fourth-order valence-corrected chi connectivity index (χ4v) is 3.70. The first-order valence-corrected chi connectivity index (χ1v) is 10.5. The Balaban J connectivity index is 1.48. The number of benzene rings is 2. The van der Waals surface area contributed by atoms with Crippen molar-refractivity contribution >= 4 is 17.2 Å². The maximum Gasteiger partial charge on any atom is 0.254 e. The van der Waals surface area contributed by atoms with Crippen molar-refractivity contribution in [2.45, 2.75) is 20.1 Å². The van der Waals surface area contributed by atoms with Gasteiger partial charge in [0.2, 0.25) is 0 Å².